The lowest BCUT2D eigenvalue weighted by atomic mass is 9.98. The average Bonchev–Trinajstić information content (AvgIpc) is 3.05. The van der Waals surface area contributed by atoms with Gasteiger partial charge in [0.1, 0.15) is 11.6 Å². The molecule has 5 heteroatoms. The lowest BCUT2D eigenvalue weighted by molar-refractivity contribution is -0.129. The zero-order valence-electron chi connectivity index (χ0n) is 11.2. The van der Waals surface area contributed by atoms with Crippen molar-refractivity contribution in [2.75, 3.05) is 6.61 Å². The Morgan fingerprint density at radius 2 is 2.20 bits per heavy atom. The van der Waals surface area contributed by atoms with Crippen LogP contribution in [0.3, 0.4) is 0 Å². The van der Waals surface area contributed by atoms with Crippen molar-refractivity contribution < 1.29 is 19.0 Å². The van der Waals surface area contributed by atoms with Crippen molar-refractivity contribution in [1.29, 1.82) is 0 Å². The number of halogens is 1. The largest absolute Gasteiger partial charge is 0.480 e. The number of aliphatic hydroxyl groups is 1. The van der Waals surface area contributed by atoms with E-state index in [-0.39, 0.29) is 18.3 Å². The molecule has 1 aromatic carbocycles. The zero-order valence-corrected chi connectivity index (χ0v) is 11.2. The Bertz CT molecular complexity index is 526. The number of carbonyl (C=O) groups excluding carboxylic acids is 1. The Balaban J connectivity index is 1.68. The lowest BCUT2D eigenvalue weighted by Crippen LogP contribution is -2.53. The number of hydrogen-bond acceptors (Lipinski definition) is 3. The van der Waals surface area contributed by atoms with Crippen LogP contribution in [0.2, 0.25) is 0 Å². The average molecular weight is 279 g/mol. The van der Waals surface area contributed by atoms with Crippen LogP contribution >= 0.6 is 0 Å². The van der Waals surface area contributed by atoms with E-state index < -0.39 is 11.6 Å². The summed E-state index contributed by atoms with van der Waals surface area (Å²) < 4.78 is 18.7. The standard InChI is InChI=1S/C15H18FNO3/c16-11-3-4-12-10(7-11)8-13(20-12)14(19)17-15(9-18)5-1-2-6-15/h3-4,7,13,18H,1-2,5-6,8-9H2,(H,17,19). The van der Waals surface area contributed by atoms with Crippen LogP contribution in [0.25, 0.3) is 0 Å². The third-order valence-electron chi connectivity index (χ3n) is 4.24. The van der Waals surface area contributed by atoms with Crippen LogP contribution in [0.4, 0.5) is 4.39 Å². The number of aliphatic hydroxyl groups excluding tert-OH is 1. The smallest absolute Gasteiger partial charge is 0.261 e. The Hall–Kier alpha value is -1.62. The molecule has 0 bridgehead atoms. The predicted octanol–water partition coefficient (Wildman–Crippen LogP) is 1.55. The summed E-state index contributed by atoms with van der Waals surface area (Å²) in [5, 5.41) is 12.4. The highest BCUT2D eigenvalue weighted by Crippen LogP contribution is 2.32. The van der Waals surface area contributed by atoms with Gasteiger partial charge in [-0.2, -0.15) is 0 Å². The highest BCUT2D eigenvalue weighted by Gasteiger charge is 2.38. The van der Waals surface area contributed by atoms with Gasteiger partial charge in [0.05, 0.1) is 12.1 Å². The first kappa shape index (κ1) is 13.4. The van der Waals surface area contributed by atoms with Crippen LogP contribution in [0.5, 0.6) is 5.75 Å². The van der Waals surface area contributed by atoms with E-state index >= 15 is 0 Å². The van der Waals surface area contributed by atoms with Gasteiger partial charge in [-0.1, -0.05) is 12.8 Å². The van der Waals surface area contributed by atoms with Crippen LogP contribution in [0, 0.1) is 5.82 Å². The quantitative estimate of drug-likeness (QED) is 0.882. The van der Waals surface area contributed by atoms with E-state index in [1.807, 2.05) is 0 Å². The van der Waals surface area contributed by atoms with Gasteiger partial charge in [0.2, 0.25) is 0 Å². The molecule has 1 atom stereocenters. The van der Waals surface area contributed by atoms with Crippen LogP contribution in [0.1, 0.15) is 31.2 Å². The minimum Gasteiger partial charge on any atom is -0.480 e. The Labute approximate surface area is 116 Å². The molecule has 2 aliphatic rings. The van der Waals surface area contributed by atoms with Gasteiger partial charge < -0.3 is 15.2 Å². The number of nitrogens with one attached hydrogen (secondary N) is 1. The molecule has 0 aromatic heterocycles. The van der Waals surface area contributed by atoms with Crippen LogP contribution in [0.15, 0.2) is 18.2 Å². The number of ether oxygens (including phenoxy) is 1. The molecule has 4 nitrogen and oxygen atoms in total. The van der Waals surface area contributed by atoms with Crippen LogP contribution in [-0.2, 0) is 11.2 Å². The van der Waals surface area contributed by atoms with E-state index in [4.69, 9.17) is 4.74 Å². The third kappa shape index (κ3) is 2.38. The van der Waals surface area contributed by atoms with Gasteiger partial charge in [-0.25, -0.2) is 4.39 Å². The highest BCUT2D eigenvalue weighted by atomic mass is 19.1. The minimum absolute atomic E-state index is 0.0486. The maximum absolute atomic E-state index is 13.1. The molecule has 1 amide bonds. The number of rotatable bonds is 3. The molecular formula is C15H18FNO3. The Morgan fingerprint density at radius 1 is 1.45 bits per heavy atom. The second-order valence-corrected chi connectivity index (χ2v) is 5.70. The second-order valence-electron chi connectivity index (χ2n) is 5.70. The number of fused-ring (bicyclic) bond motifs is 1. The SMILES string of the molecule is O=C(NC1(CO)CCCC1)C1Cc2cc(F)ccc2O1. The first-order chi connectivity index (χ1) is 9.62. The first-order valence-electron chi connectivity index (χ1n) is 7.00. The zero-order chi connectivity index (χ0) is 14.2. The highest BCUT2D eigenvalue weighted by molar-refractivity contribution is 5.83. The van der Waals surface area contributed by atoms with E-state index in [9.17, 15) is 14.3 Å². The molecule has 1 aliphatic carbocycles. The van der Waals surface area contributed by atoms with Gasteiger partial charge in [-0.15, -0.1) is 0 Å². The Kier molecular flexibility index (Phi) is 3.38. The summed E-state index contributed by atoms with van der Waals surface area (Å²) in [4.78, 5) is 12.3. The molecule has 1 saturated carbocycles. The monoisotopic (exact) mass is 279 g/mol. The van der Waals surface area contributed by atoms with E-state index in [0.29, 0.717) is 12.2 Å². The van der Waals surface area contributed by atoms with Crippen LogP contribution in [-0.4, -0.2) is 29.3 Å². The molecule has 2 N–H and O–H groups in total. The molecule has 1 fully saturated rings. The molecule has 108 valence electrons. The van der Waals surface area contributed by atoms with Gasteiger partial charge >= 0.3 is 0 Å². The molecular weight excluding hydrogens is 261 g/mol. The van der Waals surface area contributed by atoms with Gasteiger partial charge in [-0.3, -0.25) is 4.79 Å². The van der Waals surface area contributed by atoms with Gasteiger partial charge in [0.25, 0.3) is 5.91 Å². The molecule has 0 saturated heterocycles. The van der Waals surface area contributed by atoms with Crippen molar-refractivity contribution in [2.24, 2.45) is 0 Å². The summed E-state index contributed by atoms with van der Waals surface area (Å²) in [5.41, 5.74) is 0.218. The molecule has 1 aromatic rings. The van der Waals surface area contributed by atoms with Crippen LogP contribution < -0.4 is 10.1 Å². The van der Waals surface area contributed by atoms with Crippen molar-refractivity contribution in [3.05, 3.63) is 29.6 Å². The molecule has 0 radical (unpaired) electrons. The Morgan fingerprint density at radius 3 is 2.90 bits per heavy atom. The predicted molar refractivity (Wildman–Crippen MR) is 70.9 cm³/mol. The molecule has 3 rings (SSSR count). The molecule has 1 heterocycles. The van der Waals surface area contributed by atoms with E-state index in [2.05, 4.69) is 5.32 Å². The summed E-state index contributed by atoms with van der Waals surface area (Å²) in [7, 11) is 0. The van der Waals surface area contributed by atoms with Crippen molar-refractivity contribution >= 4 is 5.91 Å². The maximum Gasteiger partial charge on any atom is 0.261 e. The fourth-order valence-electron chi connectivity index (χ4n) is 3.08. The van der Waals surface area contributed by atoms with Crippen molar-refractivity contribution in [3.63, 3.8) is 0 Å². The summed E-state index contributed by atoms with van der Waals surface area (Å²) >= 11 is 0. The number of benzene rings is 1. The number of carbonyl (C=O) groups is 1. The summed E-state index contributed by atoms with van der Waals surface area (Å²) in [5.74, 6) is 0.0182. The molecule has 1 aliphatic heterocycles. The molecule has 1 unspecified atom stereocenters. The number of hydrogen-bond donors (Lipinski definition) is 2. The molecule has 20 heavy (non-hydrogen) atoms. The third-order valence-corrected chi connectivity index (χ3v) is 4.24. The van der Waals surface area contributed by atoms with Gasteiger partial charge in [-0.05, 0) is 31.0 Å². The maximum atomic E-state index is 13.1. The van der Waals surface area contributed by atoms with Gasteiger partial charge in [0, 0.05) is 12.0 Å². The van der Waals surface area contributed by atoms with Gasteiger partial charge in [0.15, 0.2) is 6.10 Å². The minimum atomic E-state index is -0.629. The first-order valence-corrected chi connectivity index (χ1v) is 7.00. The van der Waals surface area contributed by atoms with E-state index in [1.54, 1.807) is 6.07 Å². The normalized spacial score (nSPS) is 23.2. The molecule has 0 spiro atoms. The fourth-order valence-corrected chi connectivity index (χ4v) is 3.08. The number of amides is 1. The summed E-state index contributed by atoms with van der Waals surface area (Å²) in [6, 6.07) is 4.28. The van der Waals surface area contributed by atoms with Crippen molar-refractivity contribution in [3.8, 4) is 5.75 Å². The second kappa shape index (κ2) is 5.05. The van der Waals surface area contributed by atoms with Crippen molar-refractivity contribution in [2.45, 2.75) is 43.7 Å². The lowest BCUT2D eigenvalue weighted by Gasteiger charge is -2.29. The van der Waals surface area contributed by atoms with E-state index in [1.165, 1.54) is 12.1 Å². The summed E-state index contributed by atoms with van der Waals surface area (Å²) in [6.07, 6.45) is 3.36. The van der Waals surface area contributed by atoms with Crippen molar-refractivity contribution in [1.82, 2.24) is 5.32 Å². The fraction of sp³-hybridized carbons (Fsp3) is 0.533. The van der Waals surface area contributed by atoms with E-state index in [0.717, 1.165) is 31.2 Å². The topological polar surface area (TPSA) is 58.6 Å². The summed E-state index contributed by atoms with van der Waals surface area (Å²) in [6.45, 7) is -0.0486.